The predicted molar refractivity (Wildman–Crippen MR) is 118 cm³/mol. The van der Waals surface area contributed by atoms with Gasteiger partial charge in [0.1, 0.15) is 10.4 Å². The van der Waals surface area contributed by atoms with Crippen LogP contribution in [0.25, 0.3) is 16.7 Å². The SMILES string of the molecule is CC1=CC(C)(C)Nc2ccc3c(c21)[C@@H](c1ccc(Br)nc1)Oc1ccccc1-3. The molecule has 140 valence electrons. The van der Waals surface area contributed by atoms with Gasteiger partial charge in [-0.15, -0.1) is 0 Å². The minimum atomic E-state index is -0.202. The highest BCUT2D eigenvalue weighted by Gasteiger charge is 2.34. The number of aromatic nitrogens is 1. The maximum absolute atomic E-state index is 6.54. The quantitative estimate of drug-likeness (QED) is 0.439. The van der Waals surface area contributed by atoms with Crippen molar-refractivity contribution in [2.24, 2.45) is 0 Å². The summed E-state index contributed by atoms with van der Waals surface area (Å²) in [5.41, 5.74) is 8.20. The zero-order chi connectivity index (χ0) is 19.5. The first-order chi connectivity index (χ1) is 13.4. The van der Waals surface area contributed by atoms with Crippen LogP contribution in [0.4, 0.5) is 5.69 Å². The summed E-state index contributed by atoms with van der Waals surface area (Å²) in [6.45, 7) is 6.58. The average Bonchev–Trinajstić information content (AvgIpc) is 2.66. The second-order valence-corrected chi connectivity index (χ2v) is 8.84. The Morgan fingerprint density at radius 2 is 1.86 bits per heavy atom. The van der Waals surface area contributed by atoms with Gasteiger partial charge in [0.05, 0.1) is 5.54 Å². The Labute approximate surface area is 173 Å². The molecule has 1 atom stereocenters. The van der Waals surface area contributed by atoms with Crippen molar-refractivity contribution in [2.75, 3.05) is 5.32 Å². The summed E-state index contributed by atoms with van der Waals surface area (Å²) in [6, 6.07) is 16.7. The van der Waals surface area contributed by atoms with E-state index in [1.807, 2.05) is 24.4 Å². The van der Waals surface area contributed by atoms with E-state index in [9.17, 15) is 0 Å². The molecule has 28 heavy (non-hydrogen) atoms. The third-order valence-corrected chi connectivity index (χ3v) is 5.88. The molecule has 2 aromatic carbocycles. The van der Waals surface area contributed by atoms with Crippen molar-refractivity contribution in [3.05, 3.63) is 82.1 Å². The number of ether oxygens (including phenoxy) is 1. The monoisotopic (exact) mass is 432 g/mol. The Hall–Kier alpha value is -2.59. The highest BCUT2D eigenvalue weighted by atomic mass is 79.9. The van der Waals surface area contributed by atoms with E-state index < -0.39 is 0 Å². The van der Waals surface area contributed by atoms with Crippen LogP contribution < -0.4 is 10.1 Å². The molecule has 0 aliphatic carbocycles. The number of hydrogen-bond donors (Lipinski definition) is 1. The molecule has 1 N–H and O–H groups in total. The minimum Gasteiger partial charge on any atom is -0.480 e. The fourth-order valence-corrected chi connectivity index (χ4v) is 4.64. The van der Waals surface area contributed by atoms with Gasteiger partial charge in [-0.1, -0.05) is 36.4 Å². The first kappa shape index (κ1) is 17.5. The van der Waals surface area contributed by atoms with Crippen LogP contribution in [-0.2, 0) is 0 Å². The Balaban J connectivity index is 1.80. The third-order valence-electron chi connectivity index (χ3n) is 5.41. The predicted octanol–water partition coefficient (Wildman–Crippen LogP) is 6.60. The number of rotatable bonds is 1. The van der Waals surface area contributed by atoms with Crippen molar-refractivity contribution < 1.29 is 4.74 Å². The lowest BCUT2D eigenvalue weighted by Crippen LogP contribution is -2.32. The number of allylic oxidation sites excluding steroid dienone is 1. The maximum Gasteiger partial charge on any atom is 0.152 e. The Morgan fingerprint density at radius 1 is 1.04 bits per heavy atom. The van der Waals surface area contributed by atoms with Gasteiger partial charge in [-0.3, -0.25) is 0 Å². The zero-order valence-corrected chi connectivity index (χ0v) is 17.7. The zero-order valence-electron chi connectivity index (χ0n) is 16.1. The third kappa shape index (κ3) is 2.75. The highest BCUT2D eigenvalue weighted by molar-refractivity contribution is 9.10. The van der Waals surface area contributed by atoms with E-state index in [1.165, 1.54) is 22.3 Å². The molecule has 0 amide bonds. The second-order valence-electron chi connectivity index (χ2n) is 8.03. The van der Waals surface area contributed by atoms with E-state index in [0.717, 1.165) is 27.2 Å². The van der Waals surface area contributed by atoms with Crippen LogP contribution in [0.5, 0.6) is 5.75 Å². The number of hydrogen-bond acceptors (Lipinski definition) is 3. The summed E-state index contributed by atoms with van der Waals surface area (Å²) < 4.78 is 7.36. The van der Waals surface area contributed by atoms with E-state index in [2.05, 4.69) is 83.4 Å². The molecule has 3 nitrogen and oxygen atoms in total. The second kappa shape index (κ2) is 6.21. The molecule has 0 unspecified atom stereocenters. The van der Waals surface area contributed by atoms with Crippen LogP contribution in [-0.4, -0.2) is 10.5 Å². The van der Waals surface area contributed by atoms with Crippen molar-refractivity contribution in [1.29, 1.82) is 0 Å². The lowest BCUT2D eigenvalue weighted by molar-refractivity contribution is 0.243. The van der Waals surface area contributed by atoms with Crippen LogP contribution in [0.15, 0.2) is 65.4 Å². The fourth-order valence-electron chi connectivity index (χ4n) is 4.41. The molecule has 0 saturated carbocycles. The van der Waals surface area contributed by atoms with E-state index in [1.54, 1.807) is 0 Å². The van der Waals surface area contributed by atoms with Crippen molar-refractivity contribution in [1.82, 2.24) is 4.98 Å². The molecule has 1 aromatic heterocycles. The number of anilines is 1. The van der Waals surface area contributed by atoms with Crippen molar-refractivity contribution in [3.8, 4) is 16.9 Å². The number of fused-ring (bicyclic) bond motifs is 5. The van der Waals surface area contributed by atoms with Gasteiger partial charge in [-0.25, -0.2) is 4.98 Å². The highest BCUT2D eigenvalue weighted by Crippen LogP contribution is 2.50. The molecule has 0 saturated heterocycles. The van der Waals surface area contributed by atoms with Crippen molar-refractivity contribution >= 4 is 27.2 Å². The first-order valence-corrected chi connectivity index (χ1v) is 10.2. The van der Waals surface area contributed by atoms with Gasteiger partial charge in [0, 0.05) is 34.1 Å². The number of para-hydroxylation sites is 1. The normalized spacial score (nSPS) is 18.7. The Bertz CT molecular complexity index is 1120. The van der Waals surface area contributed by atoms with Crippen LogP contribution in [0.1, 0.15) is 43.6 Å². The Kier molecular flexibility index (Phi) is 3.88. The van der Waals surface area contributed by atoms with Crippen LogP contribution in [0, 0.1) is 0 Å². The van der Waals surface area contributed by atoms with Crippen LogP contribution in [0.2, 0.25) is 0 Å². The van der Waals surface area contributed by atoms with Gasteiger partial charge in [0.2, 0.25) is 0 Å². The molecule has 0 bridgehead atoms. The molecule has 5 rings (SSSR count). The van der Waals surface area contributed by atoms with Crippen molar-refractivity contribution in [3.63, 3.8) is 0 Å². The number of halogens is 1. The van der Waals surface area contributed by atoms with Gasteiger partial charge >= 0.3 is 0 Å². The fraction of sp³-hybridized carbons (Fsp3) is 0.208. The van der Waals surface area contributed by atoms with Gasteiger partial charge in [-0.2, -0.15) is 0 Å². The molecular weight excluding hydrogens is 412 g/mol. The molecule has 0 spiro atoms. The molecule has 0 radical (unpaired) electrons. The van der Waals surface area contributed by atoms with Crippen molar-refractivity contribution in [2.45, 2.75) is 32.4 Å². The molecular formula is C24H21BrN2O. The number of pyridine rings is 1. The Morgan fingerprint density at radius 3 is 2.64 bits per heavy atom. The van der Waals surface area contributed by atoms with Gasteiger partial charge < -0.3 is 10.1 Å². The number of nitrogens with zero attached hydrogens (tertiary/aromatic N) is 1. The standard InChI is InChI=1S/C24H21BrN2O/c1-14-12-24(2,3)27-18-10-9-17-16-6-4-5-7-19(16)28-23(22(17)21(14)18)15-8-11-20(25)26-13-15/h4-13,23,27H,1-3H3/t23-/m1/s1. The van der Waals surface area contributed by atoms with Crippen LogP contribution in [0.3, 0.4) is 0 Å². The van der Waals surface area contributed by atoms with Gasteiger partial charge in [0.15, 0.2) is 6.10 Å². The summed E-state index contributed by atoms with van der Waals surface area (Å²) in [4.78, 5) is 4.44. The van der Waals surface area contributed by atoms with E-state index in [4.69, 9.17) is 4.74 Å². The first-order valence-electron chi connectivity index (χ1n) is 9.45. The lowest BCUT2D eigenvalue weighted by Gasteiger charge is -2.37. The van der Waals surface area contributed by atoms with E-state index in [-0.39, 0.29) is 11.6 Å². The molecule has 2 aliphatic heterocycles. The lowest BCUT2D eigenvalue weighted by atomic mass is 9.81. The average molecular weight is 433 g/mol. The molecule has 4 heteroatoms. The summed E-state index contributed by atoms with van der Waals surface area (Å²) >= 11 is 3.44. The largest absolute Gasteiger partial charge is 0.480 e. The summed E-state index contributed by atoms with van der Waals surface area (Å²) in [5, 5.41) is 3.67. The van der Waals surface area contributed by atoms with E-state index >= 15 is 0 Å². The molecule has 3 heterocycles. The van der Waals surface area contributed by atoms with Crippen LogP contribution >= 0.6 is 15.9 Å². The number of benzene rings is 2. The summed E-state index contributed by atoms with van der Waals surface area (Å²) in [5.74, 6) is 0.911. The number of nitrogens with one attached hydrogen (secondary N) is 1. The molecule has 0 fully saturated rings. The maximum atomic E-state index is 6.54. The molecule has 3 aromatic rings. The summed E-state index contributed by atoms with van der Waals surface area (Å²) in [7, 11) is 0. The molecule has 2 aliphatic rings. The smallest absolute Gasteiger partial charge is 0.152 e. The van der Waals surface area contributed by atoms with Gasteiger partial charge in [0.25, 0.3) is 0 Å². The topological polar surface area (TPSA) is 34.2 Å². The van der Waals surface area contributed by atoms with Gasteiger partial charge in [-0.05, 0) is 66.0 Å². The minimum absolute atomic E-state index is 0.0760. The van der Waals surface area contributed by atoms with E-state index in [0.29, 0.717) is 0 Å². The summed E-state index contributed by atoms with van der Waals surface area (Å²) in [6.07, 6.45) is 3.99.